The van der Waals surface area contributed by atoms with Crippen molar-refractivity contribution >= 4 is 40.4 Å². The van der Waals surface area contributed by atoms with Crippen LogP contribution in [0.4, 0.5) is 11.4 Å². The van der Waals surface area contributed by atoms with Crippen molar-refractivity contribution in [2.75, 3.05) is 24.3 Å². The monoisotopic (exact) mass is 489 g/mol. The molecule has 2 aromatic carbocycles. The van der Waals surface area contributed by atoms with Crippen molar-refractivity contribution in [3.63, 3.8) is 0 Å². The summed E-state index contributed by atoms with van der Waals surface area (Å²) in [4.78, 5) is 40.6. The molecule has 0 fully saturated rings. The minimum atomic E-state index is -0.392. The highest BCUT2D eigenvalue weighted by Crippen LogP contribution is 2.23. The van der Waals surface area contributed by atoms with Crippen LogP contribution in [0.2, 0.25) is 0 Å². The zero-order chi connectivity index (χ0) is 24.6. The maximum absolute atomic E-state index is 13.4. The Labute approximate surface area is 206 Å². The summed E-state index contributed by atoms with van der Waals surface area (Å²) in [6.07, 6.45) is 1.51. The summed E-state index contributed by atoms with van der Waals surface area (Å²) in [6.45, 7) is -0.125. The van der Waals surface area contributed by atoms with E-state index in [-0.39, 0.29) is 24.9 Å². The number of furan rings is 1. The molecule has 4 aromatic rings. The summed E-state index contributed by atoms with van der Waals surface area (Å²) in [5.41, 5.74) is 1.31. The van der Waals surface area contributed by atoms with E-state index < -0.39 is 5.91 Å². The quantitative estimate of drug-likeness (QED) is 0.349. The molecule has 0 atom stereocenters. The van der Waals surface area contributed by atoms with Crippen molar-refractivity contribution in [2.45, 2.75) is 6.54 Å². The van der Waals surface area contributed by atoms with Gasteiger partial charge in [-0.1, -0.05) is 24.3 Å². The Bertz CT molecular complexity index is 1300. The van der Waals surface area contributed by atoms with Crippen LogP contribution in [0.1, 0.15) is 25.8 Å². The lowest BCUT2D eigenvalue weighted by Gasteiger charge is -2.22. The second-order valence-corrected chi connectivity index (χ2v) is 8.45. The Kier molecular flexibility index (Phi) is 7.59. The van der Waals surface area contributed by atoms with E-state index >= 15 is 0 Å². The average molecular weight is 490 g/mol. The largest absolute Gasteiger partial charge is 0.495 e. The van der Waals surface area contributed by atoms with E-state index in [0.717, 1.165) is 0 Å². The van der Waals surface area contributed by atoms with Crippen molar-refractivity contribution < 1.29 is 23.5 Å². The number of rotatable bonds is 9. The first-order valence-corrected chi connectivity index (χ1v) is 11.6. The molecule has 35 heavy (non-hydrogen) atoms. The number of para-hydroxylation sites is 2. The van der Waals surface area contributed by atoms with E-state index in [0.29, 0.717) is 33.3 Å². The summed E-state index contributed by atoms with van der Waals surface area (Å²) in [6, 6.07) is 20.6. The molecule has 4 rings (SSSR count). The number of nitrogens with one attached hydrogen (secondary N) is 2. The van der Waals surface area contributed by atoms with E-state index in [1.54, 1.807) is 72.8 Å². The van der Waals surface area contributed by atoms with Gasteiger partial charge in [0.05, 0.1) is 30.5 Å². The van der Waals surface area contributed by atoms with Crippen molar-refractivity contribution in [3.05, 3.63) is 101 Å². The van der Waals surface area contributed by atoms with E-state index in [4.69, 9.17) is 9.15 Å². The van der Waals surface area contributed by atoms with Crippen LogP contribution in [-0.4, -0.2) is 36.3 Å². The van der Waals surface area contributed by atoms with E-state index in [2.05, 4.69) is 10.6 Å². The van der Waals surface area contributed by atoms with Gasteiger partial charge in [0.2, 0.25) is 5.91 Å². The number of nitrogens with zero attached hydrogens (tertiary/aromatic N) is 1. The van der Waals surface area contributed by atoms with Gasteiger partial charge < -0.3 is 24.7 Å². The number of methoxy groups -OCH3 is 1. The molecule has 0 aliphatic heterocycles. The molecule has 3 amide bonds. The van der Waals surface area contributed by atoms with Crippen molar-refractivity contribution in [1.82, 2.24) is 4.90 Å². The van der Waals surface area contributed by atoms with Crippen LogP contribution in [0.15, 0.2) is 88.9 Å². The molecule has 2 aromatic heterocycles. The number of hydrogen-bond donors (Lipinski definition) is 2. The summed E-state index contributed by atoms with van der Waals surface area (Å²) >= 11 is 1.33. The van der Waals surface area contributed by atoms with Crippen LogP contribution in [0, 0.1) is 0 Å². The smallest absolute Gasteiger partial charge is 0.265 e. The molecular formula is C26H23N3O5S. The van der Waals surface area contributed by atoms with E-state index in [9.17, 15) is 14.4 Å². The van der Waals surface area contributed by atoms with Gasteiger partial charge in [-0.25, -0.2) is 0 Å². The van der Waals surface area contributed by atoms with Crippen molar-refractivity contribution in [1.29, 1.82) is 0 Å². The molecular weight excluding hydrogens is 466 g/mol. The van der Waals surface area contributed by atoms with Crippen LogP contribution in [-0.2, 0) is 11.3 Å². The summed E-state index contributed by atoms with van der Waals surface area (Å²) in [5, 5.41) is 7.40. The topological polar surface area (TPSA) is 101 Å². The summed E-state index contributed by atoms with van der Waals surface area (Å²) in [5.74, 6) is 0.0122. The van der Waals surface area contributed by atoms with Gasteiger partial charge in [0.1, 0.15) is 18.1 Å². The second-order valence-electron chi connectivity index (χ2n) is 7.50. The Morgan fingerprint density at radius 1 is 0.971 bits per heavy atom. The first kappa shape index (κ1) is 23.8. The van der Waals surface area contributed by atoms with Gasteiger partial charge in [-0.2, -0.15) is 0 Å². The number of hydrogen-bond acceptors (Lipinski definition) is 6. The molecule has 0 saturated carbocycles. The van der Waals surface area contributed by atoms with Gasteiger partial charge >= 0.3 is 0 Å². The van der Waals surface area contributed by atoms with Crippen LogP contribution < -0.4 is 15.4 Å². The first-order chi connectivity index (χ1) is 17.0. The molecule has 0 saturated heterocycles. The molecule has 0 unspecified atom stereocenters. The number of thiophene rings is 1. The number of ether oxygens (including phenoxy) is 1. The third-order valence-corrected chi connectivity index (χ3v) is 5.91. The van der Waals surface area contributed by atoms with E-state index in [1.807, 2.05) is 5.38 Å². The zero-order valence-corrected chi connectivity index (χ0v) is 19.7. The predicted octanol–water partition coefficient (Wildman–Crippen LogP) is 4.88. The van der Waals surface area contributed by atoms with Crippen molar-refractivity contribution in [2.24, 2.45) is 0 Å². The molecule has 2 N–H and O–H groups in total. The minimum Gasteiger partial charge on any atom is -0.495 e. The summed E-state index contributed by atoms with van der Waals surface area (Å²) in [7, 11) is 1.52. The molecule has 9 heteroatoms. The fourth-order valence-electron chi connectivity index (χ4n) is 3.41. The number of carbonyl (C=O) groups is 3. The normalized spacial score (nSPS) is 10.4. The fraction of sp³-hybridized carbons (Fsp3) is 0.115. The standard InChI is InChI=1S/C26H23N3O5S/c1-33-22-11-3-2-10-21(22)28-24(30)17-29(16-20-9-5-13-34-20)26(32)18-7-4-8-19(15-18)27-25(31)23-12-6-14-35-23/h2-15H,16-17H2,1H3,(H,27,31)(H,28,30). The van der Waals surface area contributed by atoms with Gasteiger partial charge in [0, 0.05) is 11.3 Å². The lowest BCUT2D eigenvalue weighted by atomic mass is 10.1. The molecule has 0 aliphatic carbocycles. The van der Waals surface area contributed by atoms with Gasteiger partial charge in [-0.05, 0) is 53.9 Å². The molecule has 0 radical (unpaired) electrons. The Morgan fingerprint density at radius 3 is 2.57 bits per heavy atom. The molecule has 0 spiro atoms. The number of anilines is 2. The first-order valence-electron chi connectivity index (χ1n) is 10.7. The Morgan fingerprint density at radius 2 is 1.83 bits per heavy atom. The molecule has 0 aliphatic rings. The van der Waals surface area contributed by atoms with Gasteiger partial charge in [-0.3, -0.25) is 14.4 Å². The third kappa shape index (κ3) is 6.15. The fourth-order valence-corrected chi connectivity index (χ4v) is 4.03. The van der Waals surface area contributed by atoms with Crippen LogP contribution in [0.5, 0.6) is 5.75 Å². The van der Waals surface area contributed by atoms with E-state index in [1.165, 1.54) is 29.6 Å². The van der Waals surface area contributed by atoms with Gasteiger partial charge in [0.25, 0.3) is 11.8 Å². The zero-order valence-electron chi connectivity index (χ0n) is 18.9. The Balaban J connectivity index is 1.51. The SMILES string of the molecule is COc1ccccc1NC(=O)CN(Cc1ccco1)C(=O)c1cccc(NC(=O)c2cccs2)c1. The van der Waals surface area contributed by atoms with Crippen LogP contribution in [0.25, 0.3) is 0 Å². The third-order valence-electron chi connectivity index (χ3n) is 5.04. The highest BCUT2D eigenvalue weighted by molar-refractivity contribution is 7.12. The average Bonchev–Trinajstić information content (AvgIpc) is 3.58. The highest BCUT2D eigenvalue weighted by atomic mass is 32.1. The van der Waals surface area contributed by atoms with Crippen LogP contribution in [0.3, 0.4) is 0 Å². The predicted molar refractivity (Wildman–Crippen MR) is 134 cm³/mol. The molecule has 0 bridgehead atoms. The highest BCUT2D eigenvalue weighted by Gasteiger charge is 2.22. The number of benzene rings is 2. The number of amides is 3. The lowest BCUT2D eigenvalue weighted by Crippen LogP contribution is -2.37. The maximum atomic E-state index is 13.4. The summed E-state index contributed by atoms with van der Waals surface area (Å²) < 4.78 is 10.7. The molecule has 8 nitrogen and oxygen atoms in total. The van der Waals surface area contributed by atoms with Crippen molar-refractivity contribution in [3.8, 4) is 5.75 Å². The van der Waals surface area contributed by atoms with Gasteiger partial charge in [-0.15, -0.1) is 11.3 Å². The Hall–Kier alpha value is -4.37. The van der Waals surface area contributed by atoms with Crippen LogP contribution >= 0.6 is 11.3 Å². The second kappa shape index (κ2) is 11.2. The minimum absolute atomic E-state index is 0.0942. The molecule has 178 valence electrons. The maximum Gasteiger partial charge on any atom is 0.265 e. The van der Waals surface area contributed by atoms with Gasteiger partial charge in [0.15, 0.2) is 0 Å². The molecule has 2 heterocycles. The lowest BCUT2D eigenvalue weighted by molar-refractivity contribution is -0.117. The number of carbonyl (C=O) groups excluding carboxylic acids is 3.